The van der Waals surface area contributed by atoms with Gasteiger partial charge in [-0.05, 0) is 64.8 Å². The maximum Gasteiger partial charge on any atom is 0.303 e. The number of fused-ring (bicyclic) bond motifs is 1. The molecule has 0 aromatic carbocycles. The number of nitrogens with one attached hydrogen (secondary N) is 4. The third kappa shape index (κ3) is 10.5. The molecule has 2 saturated heterocycles. The fourth-order valence-electron chi connectivity index (χ4n) is 4.78. The van der Waals surface area contributed by atoms with Crippen LogP contribution in [-0.2, 0) is 28.8 Å². The molecular formula is C25H43N9O7. The average Bonchev–Trinajstić information content (AvgIpc) is 3.41. The predicted molar refractivity (Wildman–Crippen MR) is 148 cm³/mol. The van der Waals surface area contributed by atoms with Gasteiger partial charge in [-0.15, -0.1) is 0 Å². The molecule has 16 nitrogen and oxygen atoms in total. The maximum absolute atomic E-state index is 13.6. The lowest BCUT2D eigenvalue weighted by molar-refractivity contribution is -0.142. The van der Waals surface area contributed by atoms with E-state index in [1.807, 2.05) is 0 Å². The van der Waals surface area contributed by atoms with Crippen molar-refractivity contribution in [1.82, 2.24) is 26.2 Å². The van der Waals surface area contributed by atoms with E-state index >= 15 is 0 Å². The molecule has 0 saturated carbocycles. The first-order chi connectivity index (χ1) is 19.4. The van der Waals surface area contributed by atoms with E-state index in [9.17, 15) is 33.9 Å². The Morgan fingerprint density at radius 1 is 0.878 bits per heavy atom. The first-order valence-electron chi connectivity index (χ1n) is 13.9. The van der Waals surface area contributed by atoms with Crippen LogP contribution in [0.2, 0.25) is 0 Å². The summed E-state index contributed by atoms with van der Waals surface area (Å²) in [6.07, 6.45) is 1.91. The number of carboxylic acids is 1. The number of rotatable bonds is 11. The number of hydrogen-bond donors (Lipinski definition) is 8. The quantitative estimate of drug-likeness (QED) is 0.0696. The summed E-state index contributed by atoms with van der Waals surface area (Å²) in [4.78, 5) is 83.0. The molecule has 2 fully saturated rings. The van der Waals surface area contributed by atoms with Crippen LogP contribution in [-0.4, -0.2) is 101 Å². The number of unbranched alkanes of at least 4 members (excludes halogenated alkanes) is 1. The Kier molecular flexibility index (Phi) is 13.3. The molecule has 5 atom stereocenters. The molecule has 0 aromatic rings. The monoisotopic (exact) mass is 581 g/mol. The third-order valence-electron chi connectivity index (χ3n) is 7.01. The molecule has 16 heteroatoms. The van der Waals surface area contributed by atoms with Gasteiger partial charge in [0, 0.05) is 19.5 Å². The van der Waals surface area contributed by atoms with Gasteiger partial charge in [0.15, 0.2) is 5.96 Å². The number of nitrogens with zero attached hydrogens (tertiary/aromatic N) is 2. The van der Waals surface area contributed by atoms with Gasteiger partial charge in [0.2, 0.25) is 29.5 Å². The van der Waals surface area contributed by atoms with Crippen LogP contribution in [0.1, 0.15) is 64.7 Å². The Morgan fingerprint density at radius 2 is 1.49 bits per heavy atom. The number of carbonyl (C=O) groups excluding carboxylic acids is 5. The number of guanidine groups is 1. The zero-order valence-corrected chi connectivity index (χ0v) is 23.4. The highest BCUT2D eigenvalue weighted by molar-refractivity contribution is 5.98. The molecule has 11 N–H and O–H groups in total. The zero-order chi connectivity index (χ0) is 30.5. The summed E-state index contributed by atoms with van der Waals surface area (Å²) in [5.74, 6) is -4.45. The number of aliphatic imine (C=N–C) groups is 1. The summed E-state index contributed by atoms with van der Waals surface area (Å²) >= 11 is 0. The Bertz CT molecular complexity index is 1000. The normalized spacial score (nSPS) is 26.0. The number of nitrogens with two attached hydrogens (primary N) is 3. The highest BCUT2D eigenvalue weighted by atomic mass is 16.4. The van der Waals surface area contributed by atoms with Crippen molar-refractivity contribution < 1.29 is 33.9 Å². The number of hydrogen-bond acceptors (Lipinski definition) is 8. The van der Waals surface area contributed by atoms with Crippen LogP contribution >= 0.6 is 0 Å². The van der Waals surface area contributed by atoms with E-state index < -0.39 is 72.1 Å². The van der Waals surface area contributed by atoms with Crippen LogP contribution in [0.25, 0.3) is 0 Å². The highest BCUT2D eigenvalue weighted by Gasteiger charge is 2.39. The minimum absolute atomic E-state index is 0.115. The van der Waals surface area contributed by atoms with Crippen molar-refractivity contribution in [3.8, 4) is 0 Å². The average molecular weight is 582 g/mol. The fraction of sp³-hybridized carbons (Fsp3) is 0.720. The Morgan fingerprint density at radius 3 is 2.12 bits per heavy atom. The van der Waals surface area contributed by atoms with Crippen molar-refractivity contribution in [1.29, 1.82) is 0 Å². The summed E-state index contributed by atoms with van der Waals surface area (Å²) in [5, 5.41) is 19.7. The van der Waals surface area contributed by atoms with Gasteiger partial charge in [0.1, 0.15) is 30.2 Å². The molecule has 0 bridgehead atoms. The summed E-state index contributed by atoms with van der Waals surface area (Å²) in [5.41, 5.74) is 16.3. The molecule has 0 aromatic heterocycles. The molecule has 0 spiro atoms. The van der Waals surface area contributed by atoms with Crippen molar-refractivity contribution in [3.05, 3.63) is 0 Å². The highest BCUT2D eigenvalue weighted by Crippen LogP contribution is 2.20. The van der Waals surface area contributed by atoms with E-state index in [0.29, 0.717) is 38.6 Å². The Hall–Kier alpha value is -3.95. The molecule has 0 unspecified atom stereocenters. The second-order valence-electron chi connectivity index (χ2n) is 10.3. The van der Waals surface area contributed by atoms with Gasteiger partial charge in [0.05, 0.1) is 0 Å². The van der Waals surface area contributed by atoms with Crippen molar-refractivity contribution in [3.63, 3.8) is 0 Å². The summed E-state index contributed by atoms with van der Waals surface area (Å²) in [6.45, 7) is 2.28. The number of amides is 5. The van der Waals surface area contributed by atoms with E-state index in [2.05, 4.69) is 26.3 Å². The molecule has 2 aliphatic heterocycles. The molecule has 0 aliphatic carbocycles. The van der Waals surface area contributed by atoms with E-state index in [1.54, 1.807) is 0 Å². The smallest absolute Gasteiger partial charge is 0.303 e. The standard InChI is InChI=1S/C25H43N9O7/c1-14-20(37)31-15(6-2-3-11-26)21(38)32-16(9-10-19(35)36)22(39)33-17(7-4-12-29-25(27)28)24(41)34-13-5-8-18(34)23(40)30-14/h14-18H,2-13,26H2,1H3,(H,30,40)(H,31,37)(H,32,38)(H,33,39)(H,35,36)(H4,27,28,29)/t14-,15-,16-,17-,18-/m0/s1. The first-order valence-corrected chi connectivity index (χ1v) is 13.9. The second kappa shape index (κ2) is 16.3. The minimum atomic E-state index is -1.31. The molecule has 2 heterocycles. The Labute approximate surface area is 238 Å². The lowest BCUT2D eigenvalue weighted by Crippen LogP contribution is -2.57. The largest absolute Gasteiger partial charge is 0.481 e. The first kappa shape index (κ1) is 33.3. The number of aliphatic carboxylic acids is 1. The van der Waals surface area contributed by atoms with Crippen molar-refractivity contribution in [2.45, 2.75) is 94.9 Å². The van der Waals surface area contributed by atoms with Gasteiger partial charge >= 0.3 is 5.97 Å². The van der Waals surface area contributed by atoms with Crippen molar-refractivity contribution >= 4 is 41.5 Å². The molecular weight excluding hydrogens is 538 g/mol. The summed E-state index contributed by atoms with van der Waals surface area (Å²) in [6, 6.07) is -5.36. The van der Waals surface area contributed by atoms with Gasteiger partial charge in [-0.1, -0.05) is 0 Å². The van der Waals surface area contributed by atoms with Crippen LogP contribution in [0.15, 0.2) is 4.99 Å². The summed E-state index contributed by atoms with van der Waals surface area (Å²) in [7, 11) is 0. The van der Waals surface area contributed by atoms with Gasteiger partial charge in [-0.25, -0.2) is 0 Å². The SMILES string of the molecule is C[C@@H]1NC(=O)[C@@H]2CCCN2C(=O)[C@H](CCCN=C(N)N)NC(=O)[C@H](CCC(=O)O)NC(=O)[C@H](CCCCN)NC1=O. The summed E-state index contributed by atoms with van der Waals surface area (Å²) < 4.78 is 0. The van der Waals surface area contributed by atoms with E-state index in [0.717, 1.165) is 0 Å². The van der Waals surface area contributed by atoms with Gasteiger partial charge in [-0.2, -0.15) is 0 Å². The topological polar surface area (TPSA) is 264 Å². The van der Waals surface area contributed by atoms with Gasteiger partial charge in [-0.3, -0.25) is 33.8 Å². The van der Waals surface area contributed by atoms with Gasteiger partial charge in [0.25, 0.3) is 0 Å². The van der Waals surface area contributed by atoms with E-state index in [4.69, 9.17) is 17.2 Å². The van der Waals surface area contributed by atoms with Crippen LogP contribution in [0.5, 0.6) is 0 Å². The third-order valence-corrected chi connectivity index (χ3v) is 7.01. The zero-order valence-electron chi connectivity index (χ0n) is 23.4. The lowest BCUT2D eigenvalue weighted by atomic mass is 10.0. The number of carboxylic acid groups (broad SMARTS) is 1. The van der Waals surface area contributed by atoms with Crippen molar-refractivity contribution in [2.75, 3.05) is 19.6 Å². The molecule has 2 rings (SSSR count). The fourth-order valence-corrected chi connectivity index (χ4v) is 4.78. The Balaban J connectivity index is 2.44. The molecule has 230 valence electrons. The van der Waals surface area contributed by atoms with Crippen LogP contribution in [0.3, 0.4) is 0 Å². The molecule has 0 radical (unpaired) electrons. The van der Waals surface area contributed by atoms with Gasteiger partial charge < -0.3 is 48.5 Å². The molecule has 41 heavy (non-hydrogen) atoms. The minimum Gasteiger partial charge on any atom is -0.481 e. The van der Waals surface area contributed by atoms with Crippen molar-refractivity contribution in [2.24, 2.45) is 22.2 Å². The molecule has 5 amide bonds. The molecule has 2 aliphatic rings. The van der Waals surface area contributed by atoms with E-state index in [1.165, 1.54) is 11.8 Å². The van der Waals surface area contributed by atoms with Crippen LogP contribution < -0.4 is 38.5 Å². The number of carbonyl (C=O) groups is 6. The van der Waals surface area contributed by atoms with Crippen LogP contribution in [0.4, 0.5) is 0 Å². The second-order valence-corrected chi connectivity index (χ2v) is 10.3. The lowest BCUT2D eigenvalue weighted by Gasteiger charge is -2.30. The maximum atomic E-state index is 13.6. The van der Waals surface area contributed by atoms with E-state index in [-0.39, 0.29) is 38.3 Å². The van der Waals surface area contributed by atoms with Crippen LogP contribution in [0, 0.1) is 0 Å². The predicted octanol–water partition coefficient (Wildman–Crippen LogP) is -3.00.